The van der Waals surface area contributed by atoms with Gasteiger partial charge >= 0.3 is 0 Å². The van der Waals surface area contributed by atoms with Crippen LogP contribution in [0, 0.1) is 5.92 Å². The second-order valence-electron chi connectivity index (χ2n) is 15.7. The molecule has 55 heavy (non-hydrogen) atoms. The van der Waals surface area contributed by atoms with Crippen molar-refractivity contribution in [3.8, 4) is 22.3 Å². The van der Waals surface area contributed by atoms with Gasteiger partial charge in [0, 0.05) is 28.1 Å². The van der Waals surface area contributed by atoms with Gasteiger partial charge in [0.1, 0.15) is 11.2 Å². The van der Waals surface area contributed by atoms with Crippen LogP contribution in [-0.2, 0) is 5.41 Å². The number of nitrogens with zero attached hydrogens (tertiary/aromatic N) is 1. The summed E-state index contributed by atoms with van der Waals surface area (Å²) in [6.45, 7) is 4.82. The lowest BCUT2D eigenvalue weighted by atomic mass is 9.74. The van der Waals surface area contributed by atoms with Crippen LogP contribution in [0.1, 0.15) is 30.9 Å². The minimum absolute atomic E-state index is 0.0249. The molecule has 0 aliphatic heterocycles. The summed E-state index contributed by atoms with van der Waals surface area (Å²) in [5.41, 5.74) is 13.1. The average Bonchev–Trinajstić information content (AvgIpc) is 3.74. The Labute approximate surface area is 321 Å². The summed E-state index contributed by atoms with van der Waals surface area (Å²) in [7, 11) is 0. The largest absolute Gasteiger partial charge is 0.456 e. The van der Waals surface area contributed by atoms with Crippen molar-refractivity contribution in [1.29, 1.82) is 0 Å². The number of furan rings is 1. The molecule has 11 rings (SSSR count). The molecule has 2 unspecified atom stereocenters. The third-order valence-corrected chi connectivity index (χ3v) is 12.3. The summed E-state index contributed by atoms with van der Waals surface area (Å²) >= 11 is 0. The van der Waals surface area contributed by atoms with Crippen LogP contribution in [0.4, 0.5) is 17.1 Å². The van der Waals surface area contributed by atoms with Crippen LogP contribution < -0.4 is 4.90 Å². The molecule has 0 saturated heterocycles. The lowest BCUT2D eigenvalue weighted by molar-refractivity contribution is 0.394. The van der Waals surface area contributed by atoms with Gasteiger partial charge in [-0.3, -0.25) is 0 Å². The fourth-order valence-corrected chi connectivity index (χ4v) is 9.55. The smallest absolute Gasteiger partial charge is 0.136 e. The summed E-state index contributed by atoms with van der Waals surface area (Å²) in [4.78, 5) is 2.47. The molecule has 1 heterocycles. The molecule has 2 atom stereocenters. The Balaban J connectivity index is 1.02. The number of hydrogen-bond acceptors (Lipinski definition) is 2. The molecule has 0 bridgehead atoms. The van der Waals surface area contributed by atoms with Crippen LogP contribution in [0.3, 0.4) is 0 Å². The van der Waals surface area contributed by atoms with E-state index in [0.29, 0.717) is 11.8 Å². The van der Waals surface area contributed by atoms with E-state index in [2.05, 4.69) is 195 Å². The van der Waals surface area contributed by atoms with Gasteiger partial charge < -0.3 is 9.32 Å². The molecule has 0 fully saturated rings. The van der Waals surface area contributed by atoms with E-state index >= 15 is 0 Å². The van der Waals surface area contributed by atoms with Crippen molar-refractivity contribution in [2.45, 2.75) is 25.2 Å². The lowest BCUT2D eigenvalue weighted by Crippen LogP contribution is -2.24. The van der Waals surface area contributed by atoms with E-state index < -0.39 is 0 Å². The Bertz CT molecular complexity index is 3010. The average molecular weight is 706 g/mol. The third-order valence-electron chi connectivity index (χ3n) is 12.3. The number of fused-ring (bicyclic) bond motifs is 9. The van der Waals surface area contributed by atoms with E-state index in [-0.39, 0.29) is 5.41 Å². The molecule has 262 valence electrons. The van der Waals surface area contributed by atoms with E-state index in [9.17, 15) is 0 Å². The fraction of sp³-hybridized carbons (Fsp3) is 0.0943. The van der Waals surface area contributed by atoms with Crippen molar-refractivity contribution in [3.05, 3.63) is 199 Å². The molecular weight excluding hydrogens is 667 g/mol. The summed E-state index contributed by atoms with van der Waals surface area (Å²) in [5, 5.41) is 7.28. The zero-order valence-corrected chi connectivity index (χ0v) is 30.9. The summed E-state index contributed by atoms with van der Waals surface area (Å²) in [6.07, 6.45) is 9.27. The van der Waals surface area contributed by atoms with Crippen molar-refractivity contribution in [3.63, 3.8) is 0 Å². The molecule has 8 aromatic carbocycles. The van der Waals surface area contributed by atoms with Gasteiger partial charge in [0.05, 0.1) is 5.69 Å². The molecular formula is C53H39NO. The van der Waals surface area contributed by atoms with Crippen molar-refractivity contribution in [2.24, 2.45) is 5.92 Å². The second-order valence-corrected chi connectivity index (χ2v) is 15.7. The number of allylic oxidation sites excluding steroid dienone is 4. The first-order valence-corrected chi connectivity index (χ1v) is 19.3. The molecule has 2 nitrogen and oxygen atoms in total. The normalized spacial score (nSPS) is 16.9. The number of rotatable bonds is 5. The molecule has 2 heteroatoms. The highest BCUT2D eigenvalue weighted by atomic mass is 16.3. The number of hydrogen-bond donors (Lipinski definition) is 0. The van der Waals surface area contributed by atoms with Gasteiger partial charge in [0.25, 0.3) is 0 Å². The van der Waals surface area contributed by atoms with Gasteiger partial charge in [-0.25, -0.2) is 0 Å². The maximum Gasteiger partial charge on any atom is 0.136 e. The van der Waals surface area contributed by atoms with Gasteiger partial charge in [0.2, 0.25) is 0 Å². The van der Waals surface area contributed by atoms with E-state index in [4.69, 9.17) is 4.42 Å². The Morgan fingerprint density at radius 3 is 1.91 bits per heavy atom. The highest BCUT2D eigenvalue weighted by Crippen LogP contribution is 2.57. The Morgan fingerprint density at radius 1 is 0.491 bits per heavy atom. The topological polar surface area (TPSA) is 16.4 Å². The zero-order valence-electron chi connectivity index (χ0n) is 30.9. The minimum atomic E-state index is 0.0249. The monoisotopic (exact) mass is 705 g/mol. The Kier molecular flexibility index (Phi) is 7.06. The van der Waals surface area contributed by atoms with Crippen molar-refractivity contribution in [1.82, 2.24) is 0 Å². The summed E-state index contributed by atoms with van der Waals surface area (Å²) < 4.78 is 6.18. The van der Waals surface area contributed by atoms with Crippen LogP contribution in [0.5, 0.6) is 0 Å². The molecule has 0 radical (unpaired) electrons. The highest BCUT2D eigenvalue weighted by molar-refractivity contribution is 6.19. The molecule has 0 spiro atoms. The van der Waals surface area contributed by atoms with Gasteiger partial charge in [0.15, 0.2) is 0 Å². The Hall–Kier alpha value is -6.64. The van der Waals surface area contributed by atoms with Gasteiger partial charge in [-0.15, -0.1) is 0 Å². The lowest BCUT2D eigenvalue weighted by Gasteiger charge is -2.30. The van der Waals surface area contributed by atoms with Crippen LogP contribution in [0.25, 0.3) is 65.7 Å². The molecule has 9 aromatic rings. The van der Waals surface area contributed by atoms with Crippen molar-refractivity contribution in [2.75, 3.05) is 4.90 Å². The second kappa shape index (κ2) is 12.2. The quantitative estimate of drug-likeness (QED) is 0.177. The Morgan fingerprint density at radius 2 is 1.13 bits per heavy atom. The summed E-state index contributed by atoms with van der Waals surface area (Å²) in [6, 6.07) is 59.9. The molecule has 2 aliphatic rings. The van der Waals surface area contributed by atoms with E-state index in [1.807, 2.05) is 12.1 Å². The van der Waals surface area contributed by atoms with Gasteiger partial charge in [-0.2, -0.15) is 0 Å². The van der Waals surface area contributed by atoms with Crippen LogP contribution in [0.2, 0.25) is 0 Å². The first kappa shape index (κ1) is 31.8. The number of anilines is 3. The molecule has 1 aromatic heterocycles. The third kappa shape index (κ3) is 5.02. The van der Waals surface area contributed by atoms with Crippen LogP contribution >= 0.6 is 0 Å². The molecule has 2 aliphatic carbocycles. The maximum atomic E-state index is 6.18. The maximum absolute atomic E-state index is 6.18. The summed E-state index contributed by atoms with van der Waals surface area (Å²) in [5.74, 6) is 0.739. The number of para-hydroxylation sites is 1. The van der Waals surface area contributed by atoms with Crippen molar-refractivity contribution < 1.29 is 4.42 Å². The predicted octanol–water partition coefficient (Wildman–Crippen LogP) is 14.8. The van der Waals surface area contributed by atoms with E-state index in [1.54, 1.807) is 0 Å². The minimum Gasteiger partial charge on any atom is -0.456 e. The first-order valence-electron chi connectivity index (χ1n) is 19.3. The van der Waals surface area contributed by atoms with Crippen LogP contribution in [-0.4, -0.2) is 0 Å². The molecule has 0 amide bonds. The van der Waals surface area contributed by atoms with Gasteiger partial charge in [-0.1, -0.05) is 147 Å². The number of benzene rings is 8. The van der Waals surface area contributed by atoms with E-state index in [1.165, 1.54) is 66.0 Å². The van der Waals surface area contributed by atoms with Crippen LogP contribution in [0.15, 0.2) is 193 Å². The van der Waals surface area contributed by atoms with Crippen molar-refractivity contribution >= 4 is 60.5 Å². The standard InChI is InChI=1S/C53H39NO/c1-53(2)46-14-7-5-12-44(46)52-47(53)15-9-16-48(52)54(41-26-20-35(21-27-41)38-19-18-34-10-3-4-11-37(34)32-38)42-28-22-36(23-29-42)39-24-30-43-40(33-39)25-31-50-51(43)45-13-6-8-17-49(45)55-50/h3-33,44,46H,1-2H3. The molecule has 0 saturated carbocycles. The fourth-order valence-electron chi connectivity index (χ4n) is 9.55. The first-order chi connectivity index (χ1) is 27.0. The van der Waals surface area contributed by atoms with Gasteiger partial charge in [-0.05, 0) is 121 Å². The zero-order chi connectivity index (χ0) is 36.7. The SMILES string of the molecule is CC1(C)c2cccc(N(c3ccc(-c4ccc5ccccc5c4)cc3)c3ccc(-c4ccc5c(ccc6oc7ccccc7c65)c4)cc3)c2C2C=CC=CC21. The highest BCUT2D eigenvalue weighted by Gasteiger charge is 2.46. The predicted molar refractivity (Wildman–Crippen MR) is 232 cm³/mol. The molecule has 0 N–H and O–H groups in total. The van der Waals surface area contributed by atoms with E-state index in [0.717, 1.165) is 27.9 Å².